The minimum Gasteiger partial charge on any atom is -0.461 e. The summed E-state index contributed by atoms with van der Waals surface area (Å²) in [5.41, 5.74) is 3.81. The summed E-state index contributed by atoms with van der Waals surface area (Å²) in [6, 6.07) is 0.568. The van der Waals surface area contributed by atoms with Gasteiger partial charge in [0, 0.05) is 18.2 Å². The molecule has 6 nitrogen and oxygen atoms in total. The Bertz CT molecular complexity index is 524. The average molecular weight is 280 g/mol. The van der Waals surface area contributed by atoms with Crippen molar-refractivity contribution in [2.75, 3.05) is 6.61 Å². The zero-order valence-corrected chi connectivity index (χ0v) is 9.84. The second-order valence-corrected chi connectivity index (χ2v) is 3.32. The molecule has 9 heteroatoms. The van der Waals surface area contributed by atoms with Crippen LogP contribution in [0.25, 0.3) is 0 Å². The number of hydrogen-bond acceptors (Lipinski definition) is 5. The second kappa shape index (κ2) is 5.74. The molecule has 106 valence electrons. The SMILES string of the molecule is CCOC(=O)c1[nH]c(OC(F)(F)F)cc(=O)c1CN. The summed E-state index contributed by atoms with van der Waals surface area (Å²) >= 11 is 0. The highest BCUT2D eigenvalue weighted by Gasteiger charge is 2.32. The second-order valence-electron chi connectivity index (χ2n) is 3.32. The molecule has 3 N–H and O–H groups in total. The highest BCUT2D eigenvalue weighted by molar-refractivity contribution is 5.89. The maximum Gasteiger partial charge on any atom is 0.574 e. The van der Waals surface area contributed by atoms with Gasteiger partial charge in [0.2, 0.25) is 5.88 Å². The van der Waals surface area contributed by atoms with E-state index in [9.17, 15) is 22.8 Å². The van der Waals surface area contributed by atoms with Crippen molar-refractivity contribution in [3.63, 3.8) is 0 Å². The molecule has 0 amide bonds. The number of nitrogens with one attached hydrogen (secondary N) is 1. The molecule has 0 aliphatic rings. The molecule has 0 bridgehead atoms. The third-order valence-corrected chi connectivity index (χ3v) is 2.02. The highest BCUT2D eigenvalue weighted by Crippen LogP contribution is 2.20. The fourth-order valence-corrected chi connectivity index (χ4v) is 1.32. The van der Waals surface area contributed by atoms with Crippen molar-refractivity contribution in [1.29, 1.82) is 0 Å². The number of esters is 1. The highest BCUT2D eigenvalue weighted by atomic mass is 19.4. The summed E-state index contributed by atoms with van der Waals surface area (Å²) in [5.74, 6) is -1.88. The molecule has 0 aliphatic heterocycles. The minimum atomic E-state index is -4.99. The molecule has 0 radical (unpaired) electrons. The molecule has 0 saturated carbocycles. The fraction of sp³-hybridized carbons (Fsp3) is 0.400. The maximum absolute atomic E-state index is 12.1. The summed E-state index contributed by atoms with van der Waals surface area (Å²) < 4.78 is 44.3. The number of carbonyl (C=O) groups excluding carboxylic acids is 1. The van der Waals surface area contributed by atoms with Crippen molar-refractivity contribution in [1.82, 2.24) is 4.98 Å². The lowest BCUT2D eigenvalue weighted by Gasteiger charge is -2.12. The van der Waals surface area contributed by atoms with Crippen LogP contribution >= 0.6 is 0 Å². The van der Waals surface area contributed by atoms with E-state index in [1.807, 2.05) is 4.98 Å². The van der Waals surface area contributed by atoms with Gasteiger partial charge in [-0.15, -0.1) is 13.2 Å². The van der Waals surface area contributed by atoms with Crippen LogP contribution < -0.4 is 15.9 Å². The van der Waals surface area contributed by atoms with Crippen molar-refractivity contribution < 1.29 is 27.4 Å². The Morgan fingerprint density at radius 1 is 1.47 bits per heavy atom. The smallest absolute Gasteiger partial charge is 0.461 e. The Hall–Kier alpha value is -2.03. The quantitative estimate of drug-likeness (QED) is 0.799. The molecule has 19 heavy (non-hydrogen) atoms. The molecule has 0 atom stereocenters. The van der Waals surface area contributed by atoms with E-state index in [2.05, 4.69) is 9.47 Å². The zero-order valence-electron chi connectivity index (χ0n) is 9.84. The van der Waals surface area contributed by atoms with Crippen molar-refractivity contribution in [2.45, 2.75) is 19.8 Å². The molecule has 1 aromatic rings. The lowest BCUT2D eigenvalue weighted by atomic mass is 10.2. The van der Waals surface area contributed by atoms with Crippen LogP contribution in [0.4, 0.5) is 13.2 Å². The summed E-state index contributed by atoms with van der Waals surface area (Å²) in [6.45, 7) is 1.18. The van der Waals surface area contributed by atoms with E-state index < -0.39 is 29.3 Å². The van der Waals surface area contributed by atoms with Crippen molar-refractivity contribution in [3.05, 3.63) is 27.5 Å². The van der Waals surface area contributed by atoms with Gasteiger partial charge in [-0.25, -0.2) is 4.79 Å². The van der Waals surface area contributed by atoms with Crippen molar-refractivity contribution in [2.24, 2.45) is 5.73 Å². The van der Waals surface area contributed by atoms with E-state index in [0.29, 0.717) is 6.07 Å². The van der Waals surface area contributed by atoms with Gasteiger partial charge < -0.3 is 20.2 Å². The van der Waals surface area contributed by atoms with Crippen LogP contribution in [0.5, 0.6) is 5.88 Å². The van der Waals surface area contributed by atoms with Gasteiger partial charge in [0.05, 0.1) is 6.61 Å². The normalized spacial score (nSPS) is 11.2. The molecular formula is C10H11F3N2O4. The first-order valence-corrected chi connectivity index (χ1v) is 5.17. The number of halogens is 3. The van der Waals surface area contributed by atoms with Crippen LogP contribution in [0.1, 0.15) is 23.0 Å². The third kappa shape index (κ3) is 3.98. The summed E-state index contributed by atoms with van der Waals surface area (Å²) in [6.07, 6.45) is -4.99. The lowest BCUT2D eigenvalue weighted by Crippen LogP contribution is -2.25. The number of rotatable bonds is 4. The number of pyridine rings is 1. The standard InChI is InChI=1S/C10H11F3N2O4/c1-2-18-9(17)8-5(4-14)6(16)3-7(15-8)19-10(11,12)13/h3H,2,4,14H2,1H3,(H,15,16). The number of aromatic nitrogens is 1. The summed E-state index contributed by atoms with van der Waals surface area (Å²) in [7, 11) is 0. The number of H-pyrrole nitrogens is 1. The van der Waals surface area contributed by atoms with E-state index in [0.717, 1.165) is 0 Å². The van der Waals surface area contributed by atoms with Crippen molar-refractivity contribution in [3.8, 4) is 5.88 Å². The van der Waals surface area contributed by atoms with E-state index >= 15 is 0 Å². The van der Waals surface area contributed by atoms with Crippen LogP contribution in [0.3, 0.4) is 0 Å². The molecule has 0 aromatic carbocycles. The van der Waals surface area contributed by atoms with Crippen LogP contribution in [-0.4, -0.2) is 23.9 Å². The molecule has 0 saturated heterocycles. The lowest BCUT2D eigenvalue weighted by molar-refractivity contribution is -0.276. The molecular weight excluding hydrogens is 269 g/mol. The van der Waals surface area contributed by atoms with Gasteiger partial charge >= 0.3 is 12.3 Å². The van der Waals surface area contributed by atoms with Gasteiger partial charge in [-0.05, 0) is 6.92 Å². The Kier molecular flexibility index (Phi) is 4.54. The number of carbonyl (C=O) groups is 1. The van der Waals surface area contributed by atoms with Crippen LogP contribution in [-0.2, 0) is 11.3 Å². The Labute approximate surface area is 105 Å². The van der Waals surface area contributed by atoms with E-state index in [1.165, 1.54) is 6.92 Å². The molecule has 1 aromatic heterocycles. The number of nitrogens with two attached hydrogens (primary N) is 1. The van der Waals surface area contributed by atoms with E-state index in [1.54, 1.807) is 0 Å². The maximum atomic E-state index is 12.1. The topological polar surface area (TPSA) is 94.4 Å². The average Bonchev–Trinajstić information content (AvgIpc) is 2.26. The minimum absolute atomic E-state index is 0.00473. The predicted molar refractivity (Wildman–Crippen MR) is 57.6 cm³/mol. The molecule has 1 heterocycles. The molecule has 0 fully saturated rings. The van der Waals surface area contributed by atoms with E-state index in [4.69, 9.17) is 5.73 Å². The summed E-state index contributed by atoms with van der Waals surface area (Å²) in [5, 5.41) is 0. The predicted octanol–water partition coefficient (Wildman–Crippen LogP) is 0.909. The first-order valence-electron chi connectivity index (χ1n) is 5.17. The molecule has 1 rings (SSSR count). The molecule has 0 spiro atoms. The van der Waals surface area contributed by atoms with Gasteiger partial charge in [0.1, 0.15) is 5.69 Å². The van der Waals surface area contributed by atoms with Gasteiger partial charge in [-0.1, -0.05) is 0 Å². The van der Waals surface area contributed by atoms with Crippen molar-refractivity contribution >= 4 is 5.97 Å². The van der Waals surface area contributed by atoms with Gasteiger partial charge in [-0.3, -0.25) is 4.79 Å². The number of hydrogen-bond donors (Lipinski definition) is 2. The zero-order chi connectivity index (χ0) is 14.6. The largest absolute Gasteiger partial charge is 0.574 e. The Balaban J connectivity index is 3.26. The molecule has 0 unspecified atom stereocenters. The first-order chi connectivity index (χ1) is 8.78. The third-order valence-electron chi connectivity index (χ3n) is 2.02. The Morgan fingerprint density at radius 3 is 2.58 bits per heavy atom. The monoisotopic (exact) mass is 280 g/mol. The fourth-order valence-electron chi connectivity index (χ4n) is 1.32. The first kappa shape index (κ1) is 15.0. The van der Waals surface area contributed by atoms with E-state index in [-0.39, 0.29) is 18.7 Å². The Morgan fingerprint density at radius 2 is 2.11 bits per heavy atom. The van der Waals surface area contributed by atoms with Crippen LogP contribution in [0, 0.1) is 0 Å². The summed E-state index contributed by atoms with van der Waals surface area (Å²) in [4.78, 5) is 25.1. The van der Waals surface area contributed by atoms with Gasteiger partial charge in [-0.2, -0.15) is 0 Å². The molecule has 0 aliphatic carbocycles. The van der Waals surface area contributed by atoms with Crippen LogP contribution in [0.15, 0.2) is 10.9 Å². The van der Waals surface area contributed by atoms with Gasteiger partial charge in [0.25, 0.3) is 0 Å². The number of aromatic amines is 1. The number of alkyl halides is 3. The van der Waals surface area contributed by atoms with Crippen LogP contribution in [0.2, 0.25) is 0 Å². The number of ether oxygens (including phenoxy) is 2. The van der Waals surface area contributed by atoms with Gasteiger partial charge in [0.15, 0.2) is 5.43 Å².